The molecule has 21 heavy (non-hydrogen) atoms. The first kappa shape index (κ1) is 18.0. The van der Waals surface area contributed by atoms with Crippen LogP contribution in [-0.2, 0) is 12.6 Å². The van der Waals surface area contributed by atoms with E-state index in [4.69, 9.17) is 0 Å². The Morgan fingerprint density at radius 1 is 0.952 bits per heavy atom. The standard InChI is InChI=1S/C16H25F3N2/c1-13(2)12-21-10-3-9-20-11-8-14-4-6-15(7-5-14)16(17,18)19/h4-7,13,20-21H,3,8-12H2,1-2H3. The van der Waals surface area contributed by atoms with Crippen LogP contribution in [0.5, 0.6) is 0 Å². The van der Waals surface area contributed by atoms with Gasteiger partial charge in [0.05, 0.1) is 5.56 Å². The van der Waals surface area contributed by atoms with Crippen LogP contribution in [0.1, 0.15) is 31.4 Å². The average molecular weight is 302 g/mol. The topological polar surface area (TPSA) is 24.1 Å². The SMILES string of the molecule is CC(C)CNCCCNCCc1ccc(C(F)(F)F)cc1. The fourth-order valence-corrected chi connectivity index (χ4v) is 1.95. The lowest BCUT2D eigenvalue weighted by atomic mass is 10.1. The van der Waals surface area contributed by atoms with Gasteiger partial charge in [-0.05, 0) is 62.6 Å². The van der Waals surface area contributed by atoms with E-state index < -0.39 is 11.7 Å². The van der Waals surface area contributed by atoms with Crippen molar-refractivity contribution in [2.75, 3.05) is 26.2 Å². The molecule has 0 heterocycles. The second-order valence-corrected chi connectivity index (χ2v) is 5.65. The second-order valence-electron chi connectivity index (χ2n) is 5.65. The van der Waals surface area contributed by atoms with Gasteiger partial charge >= 0.3 is 6.18 Å². The lowest BCUT2D eigenvalue weighted by molar-refractivity contribution is -0.137. The van der Waals surface area contributed by atoms with Crippen LogP contribution in [0.15, 0.2) is 24.3 Å². The monoisotopic (exact) mass is 302 g/mol. The zero-order chi connectivity index (χ0) is 15.7. The van der Waals surface area contributed by atoms with Crippen LogP contribution in [0, 0.1) is 5.92 Å². The Balaban J connectivity index is 2.10. The normalized spacial score (nSPS) is 12.1. The van der Waals surface area contributed by atoms with Gasteiger partial charge in [-0.2, -0.15) is 13.2 Å². The molecule has 1 rings (SSSR count). The van der Waals surface area contributed by atoms with E-state index in [2.05, 4.69) is 24.5 Å². The van der Waals surface area contributed by atoms with Crippen molar-refractivity contribution in [3.8, 4) is 0 Å². The van der Waals surface area contributed by atoms with Crippen LogP contribution in [-0.4, -0.2) is 26.2 Å². The average Bonchev–Trinajstić information content (AvgIpc) is 2.41. The molecular formula is C16H25F3N2. The Morgan fingerprint density at radius 3 is 2.14 bits per heavy atom. The van der Waals surface area contributed by atoms with Crippen molar-refractivity contribution in [2.45, 2.75) is 32.9 Å². The van der Waals surface area contributed by atoms with E-state index in [0.717, 1.165) is 56.7 Å². The first-order valence-electron chi connectivity index (χ1n) is 7.47. The maximum absolute atomic E-state index is 12.4. The van der Waals surface area contributed by atoms with Gasteiger partial charge in [-0.1, -0.05) is 26.0 Å². The predicted octanol–water partition coefficient (Wildman–Crippen LogP) is 3.47. The molecule has 0 fully saturated rings. The van der Waals surface area contributed by atoms with Gasteiger partial charge in [0.15, 0.2) is 0 Å². The molecule has 0 amide bonds. The van der Waals surface area contributed by atoms with Crippen LogP contribution < -0.4 is 10.6 Å². The van der Waals surface area contributed by atoms with E-state index in [1.807, 2.05) is 0 Å². The number of hydrogen-bond acceptors (Lipinski definition) is 2. The highest BCUT2D eigenvalue weighted by Gasteiger charge is 2.29. The lowest BCUT2D eigenvalue weighted by Crippen LogP contribution is -2.25. The van der Waals surface area contributed by atoms with Crippen molar-refractivity contribution in [1.82, 2.24) is 10.6 Å². The molecule has 1 aromatic carbocycles. The Morgan fingerprint density at radius 2 is 1.57 bits per heavy atom. The zero-order valence-electron chi connectivity index (χ0n) is 12.8. The summed E-state index contributed by atoms with van der Waals surface area (Å²) in [4.78, 5) is 0. The summed E-state index contributed by atoms with van der Waals surface area (Å²) in [6.07, 6.45) is -2.45. The molecule has 2 N–H and O–H groups in total. The summed E-state index contributed by atoms with van der Waals surface area (Å²) in [7, 11) is 0. The molecule has 0 aliphatic carbocycles. The molecule has 5 heteroatoms. The van der Waals surface area contributed by atoms with Crippen molar-refractivity contribution in [2.24, 2.45) is 5.92 Å². The number of rotatable bonds is 9. The minimum absolute atomic E-state index is 0.588. The summed E-state index contributed by atoms with van der Waals surface area (Å²) in [5.74, 6) is 0.664. The Labute approximate surface area is 125 Å². The van der Waals surface area contributed by atoms with E-state index in [9.17, 15) is 13.2 Å². The third-order valence-electron chi connectivity index (χ3n) is 3.13. The van der Waals surface area contributed by atoms with Crippen LogP contribution in [0.3, 0.4) is 0 Å². The van der Waals surface area contributed by atoms with Crippen LogP contribution >= 0.6 is 0 Å². The Bertz CT molecular complexity index is 386. The summed E-state index contributed by atoms with van der Waals surface area (Å²) < 4.78 is 37.2. The van der Waals surface area contributed by atoms with E-state index in [1.165, 1.54) is 0 Å². The first-order valence-corrected chi connectivity index (χ1v) is 7.47. The van der Waals surface area contributed by atoms with Crippen molar-refractivity contribution in [3.05, 3.63) is 35.4 Å². The minimum atomic E-state index is -4.25. The third-order valence-corrected chi connectivity index (χ3v) is 3.13. The first-order chi connectivity index (χ1) is 9.89. The third kappa shape index (κ3) is 8.07. The number of halogens is 3. The van der Waals surface area contributed by atoms with Gasteiger partial charge < -0.3 is 10.6 Å². The van der Waals surface area contributed by atoms with Gasteiger partial charge in [0, 0.05) is 0 Å². The van der Waals surface area contributed by atoms with E-state index in [-0.39, 0.29) is 0 Å². The predicted molar refractivity (Wildman–Crippen MR) is 80.3 cm³/mol. The lowest BCUT2D eigenvalue weighted by Gasteiger charge is -2.09. The van der Waals surface area contributed by atoms with Crippen molar-refractivity contribution in [1.29, 1.82) is 0 Å². The number of benzene rings is 1. The van der Waals surface area contributed by atoms with Crippen molar-refractivity contribution >= 4 is 0 Å². The summed E-state index contributed by atoms with van der Waals surface area (Å²) in [5, 5.41) is 6.67. The maximum atomic E-state index is 12.4. The quantitative estimate of drug-likeness (QED) is 0.683. The smallest absolute Gasteiger partial charge is 0.316 e. The van der Waals surface area contributed by atoms with Gasteiger partial charge in [0.2, 0.25) is 0 Å². The molecule has 0 saturated heterocycles. The number of alkyl halides is 3. The molecule has 2 nitrogen and oxygen atoms in total. The summed E-state index contributed by atoms with van der Waals surface area (Å²) >= 11 is 0. The number of hydrogen-bond donors (Lipinski definition) is 2. The van der Waals surface area contributed by atoms with Crippen LogP contribution in [0.2, 0.25) is 0 Å². The number of nitrogens with one attached hydrogen (secondary N) is 2. The highest BCUT2D eigenvalue weighted by atomic mass is 19.4. The molecule has 0 bridgehead atoms. The maximum Gasteiger partial charge on any atom is 0.416 e. The summed E-state index contributed by atoms with van der Waals surface area (Å²) in [5.41, 5.74) is 0.337. The summed E-state index contributed by atoms with van der Waals surface area (Å²) in [6, 6.07) is 5.39. The van der Waals surface area contributed by atoms with E-state index in [1.54, 1.807) is 12.1 Å². The van der Waals surface area contributed by atoms with E-state index >= 15 is 0 Å². The zero-order valence-corrected chi connectivity index (χ0v) is 12.8. The fraction of sp³-hybridized carbons (Fsp3) is 0.625. The molecular weight excluding hydrogens is 277 g/mol. The molecule has 0 aromatic heterocycles. The van der Waals surface area contributed by atoms with Crippen molar-refractivity contribution in [3.63, 3.8) is 0 Å². The van der Waals surface area contributed by atoms with Gasteiger partial charge in [-0.15, -0.1) is 0 Å². The van der Waals surface area contributed by atoms with Crippen LogP contribution in [0.25, 0.3) is 0 Å². The highest BCUT2D eigenvalue weighted by Crippen LogP contribution is 2.29. The molecule has 0 atom stereocenters. The molecule has 0 spiro atoms. The molecule has 0 unspecified atom stereocenters. The molecule has 0 aliphatic rings. The van der Waals surface area contributed by atoms with Gasteiger partial charge in [0.1, 0.15) is 0 Å². The van der Waals surface area contributed by atoms with Gasteiger partial charge in [-0.3, -0.25) is 0 Å². The van der Waals surface area contributed by atoms with Crippen LogP contribution in [0.4, 0.5) is 13.2 Å². The van der Waals surface area contributed by atoms with Crippen molar-refractivity contribution < 1.29 is 13.2 Å². The molecule has 0 radical (unpaired) electrons. The molecule has 120 valence electrons. The molecule has 0 aliphatic heterocycles. The van der Waals surface area contributed by atoms with Gasteiger partial charge in [-0.25, -0.2) is 0 Å². The second kappa shape index (κ2) is 9.05. The largest absolute Gasteiger partial charge is 0.416 e. The minimum Gasteiger partial charge on any atom is -0.316 e. The molecule has 1 aromatic rings. The van der Waals surface area contributed by atoms with Gasteiger partial charge in [0.25, 0.3) is 0 Å². The fourth-order valence-electron chi connectivity index (χ4n) is 1.95. The Kier molecular flexibility index (Phi) is 7.75. The Hall–Kier alpha value is -1.07. The molecule has 0 saturated carbocycles. The van der Waals surface area contributed by atoms with E-state index in [0.29, 0.717) is 5.92 Å². The summed E-state index contributed by atoms with van der Waals surface area (Å²) in [6.45, 7) is 8.09. The highest BCUT2D eigenvalue weighted by molar-refractivity contribution is 5.24.